The number of nitro benzene ring substituents is 1. The Kier molecular flexibility index (Phi) is 6.30. The van der Waals surface area contributed by atoms with E-state index in [1.165, 1.54) is 28.6 Å². The lowest BCUT2D eigenvalue weighted by Gasteiger charge is -2.33. The zero-order valence-corrected chi connectivity index (χ0v) is 13.8. The monoisotopic (exact) mass is 349 g/mol. The zero-order valence-electron chi connectivity index (χ0n) is 12.2. The minimum Gasteiger partial charge on any atom is -0.328 e. The summed E-state index contributed by atoms with van der Waals surface area (Å²) in [6.07, 6.45) is 1.70. The van der Waals surface area contributed by atoms with Gasteiger partial charge in [0.1, 0.15) is 0 Å². The minimum atomic E-state index is -3.62. The molecule has 0 aliphatic carbocycles. The van der Waals surface area contributed by atoms with E-state index in [4.69, 9.17) is 5.73 Å². The average Bonchev–Trinajstić information content (AvgIpc) is 2.47. The van der Waals surface area contributed by atoms with Crippen LogP contribution in [0.3, 0.4) is 0 Å². The van der Waals surface area contributed by atoms with Crippen molar-refractivity contribution in [2.24, 2.45) is 11.7 Å². The molecule has 1 aromatic rings. The second-order valence-electron chi connectivity index (χ2n) is 5.38. The zero-order chi connectivity index (χ0) is 15.6. The van der Waals surface area contributed by atoms with Gasteiger partial charge in [0.15, 0.2) is 0 Å². The molecule has 124 valence electrons. The fraction of sp³-hybridized carbons (Fsp3) is 0.538. The third-order valence-electron chi connectivity index (χ3n) is 3.85. The molecule has 0 amide bonds. The third-order valence-corrected chi connectivity index (χ3v) is 5.73. The van der Waals surface area contributed by atoms with Gasteiger partial charge in [-0.2, -0.15) is 4.31 Å². The number of rotatable bonds is 4. The highest BCUT2D eigenvalue weighted by molar-refractivity contribution is 7.89. The Hall–Kier alpha value is -1.22. The first kappa shape index (κ1) is 18.8. The van der Waals surface area contributed by atoms with E-state index in [0.717, 1.165) is 12.8 Å². The molecule has 9 heteroatoms. The Labute approximate surface area is 136 Å². The molecule has 1 heterocycles. The molecule has 1 aromatic carbocycles. The van der Waals surface area contributed by atoms with E-state index in [1.54, 1.807) is 0 Å². The van der Waals surface area contributed by atoms with Crippen LogP contribution in [0.2, 0.25) is 0 Å². The van der Waals surface area contributed by atoms with Gasteiger partial charge < -0.3 is 5.73 Å². The molecule has 0 spiro atoms. The lowest BCUT2D eigenvalue weighted by molar-refractivity contribution is -0.384. The van der Waals surface area contributed by atoms with Gasteiger partial charge in [0.05, 0.1) is 9.82 Å². The molecule has 0 bridgehead atoms. The van der Waals surface area contributed by atoms with Crippen LogP contribution in [0.5, 0.6) is 0 Å². The second kappa shape index (κ2) is 7.36. The molecule has 1 aliphatic heterocycles. The molecular weight excluding hydrogens is 330 g/mol. The second-order valence-corrected chi connectivity index (χ2v) is 7.31. The third kappa shape index (κ3) is 3.95. The van der Waals surface area contributed by atoms with Crippen molar-refractivity contribution in [1.82, 2.24) is 4.31 Å². The summed E-state index contributed by atoms with van der Waals surface area (Å²) in [4.78, 5) is 10.1. The Morgan fingerprint density at radius 1 is 1.36 bits per heavy atom. The summed E-state index contributed by atoms with van der Waals surface area (Å²) in [5.41, 5.74) is 5.74. The van der Waals surface area contributed by atoms with Gasteiger partial charge in [0, 0.05) is 31.3 Å². The van der Waals surface area contributed by atoms with Crippen molar-refractivity contribution in [2.45, 2.75) is 30.7 Å². The summed E-state index contributed by atoms with van der Waals surface area (Å²) < 4.78 is 26.5. The SMILES string of the molecule is CC(N)C1CCCN(S(=O)(=O)c2ccc([N+](=O)[O-])cc2)C1.Cl. The number of piperidine rings is 1. The van der Waals surface area contributed by atoms with Crippen LogP contribution in [0.25, 0.3) is 0 Å². The summed E-state index contributed by atoms with van der Waals surface area (Å²) in [5, 5.41) is 10.6. The van der Waals surface area contributed by atoms with Crippen LogP contribution >= 0.6 is 12.4 Å². The predicted molar refractivity (Wildman–Crippen MR) is 85.5 cm³/mol. The molecule has 1 aliphatic rings. The van der Waals surface area contributed by atoms with Crippen LogP contribution in [0.1, 0.15) is 19.8 Å². The van der Waals surface area contributed by atoms with E-state index in [9.17, 15) is 18.5 Å². The van der Waals surface area contributed by atoms with Crippen LogP contribution in [0.4, 0.5) is 5.69 Å². The van der Waals surface area contributed by atoms with Gasteiger partial charge >= 0.3 is 0 Å². The maximum Gasteiger partial charge on any atom is 0.269 e. The number of nitrogens with two attached hydrogens (primary N) is 1. The fourth-order valence-corrected chi connectivity index (χ4v) is 4.05. The van der Waals surface area contributed by atoms with Gasteiger partial charge in [-0.25, -0.2) is 8.42 Å². The molecule has 2 atom stereocenters. The molecule has 1 saturated heterocycles. The van der Waals surface area contributed by atoms with E-state index in [1.807, 2.05) is 6.92 Å². The number of halogens is 1. The van der Waals surface area contributed by atoms with Crippen LogP contribution in [-0.2, 0) is 10.0 Å². The van der Waals surface area contributed by atoms with E-state index in [0.29, 0.717) is 13.1 Å². The molecule has 2 unspecified atom stereocenters. The normalized spacial score (nSPS) is 20.9. The lowest BCUT2D eigenvalue weighted by Crippen LogP contribution is -2.44. The highest BCUT2D eigenvalue weighted by atomic mass is 35.5. The van der Waals surface area contributed by atoms with Crippen molar-refractivity contribution in [2.75, 3.05) is 13.1 Å². The minimum absolute atomic E-state index is 0. The van der Waals surface area contributed by atoms with Crippen LogP contribution < -0.4 is 5.73 Å². The number of nitrogens with zero attached hydrogens (tertiary/aromatic N) is 2. The number of hydrogen-bond donors (Lipinski definition) is 1. The fourth-order valence-electron chi connectivity index (χ4n) is 2.51. The molecule has 0 aromatic heterocycles. The highest BCUT2D eigenvalue weighted by Crippen LogP contribution is 2.26. The van der Waals surface area contributed by atoms with E-state index in [-0.39, 0.29) is 34.9 Å². The van der Waals surface area contributed by atoms with Gasteiger partial charge in [0.2, 0.25) is 10.0 Å². The Morgan fingerprint density at radius 3 is 2.45 bits per heavy atom. The number of hydrogen-bond acceptors (Lipinski definition) is 5. The largest absolute Gasteiger partial charge is 0.328 e. The molecule has 7 nitrogen and oxygen atoms in total. The van der Waals surface area contributed by atoms with E-state index in [2.05, 4.69) is 0 Å². The van der Waals surface area contributed by atoms with E-state index >= 15 is 0 Å². The summed E-state index contributed by atoms with van der Waals surface area (Å²) in [5.74, 6) is 0.145. The smallest absolute Gasteiger partial charge is 0.269 e. The topological polar surface area (TPSA) is 107 Å². The van der Waals surface area contributed by atoms with Crippen molar-refractivity contribution < 1.29 is 13.3 Å². The van der Waals surface area contributed by atoms with Gasteiger partial charge in [-0.3, -0.25) is 10.1 Å². The Morgan fingerprint density at radius 2 is 1.95 bits per heavy atom. The van der Waals surface area contributed by atoms with E-state index < -0.39 is 14.9 Å². The maximum atomic E-state index is 12.6. The quantitative estimate of drug-likeness (QED) is 0.658. The molecule has 0 radical (unpaired) electrons. The summed E-state index contributed by atoms with van der Waals surface area (Å²) >= 11 is 0. The number of non-ortho nitro benzene ring substituents is 1. The summed E-state index contributed by atoms with van der Waals surface area (Å²) in [6, 6.07) is 4.92. The van der Waals surface area contributed by atoms with Crippen molar-refractivity contribution in [3.63, 3.8) is 0 Å². The van der Waals surface area contributed by atoms with Gasteiger partial charge in [-0.1, -0.05) is 0 Å². The standard InChI is InChI=1S/C13H19N3O4S.ClH/c1-10(14)11-3-2-8-15(9-11)21(19,20)13-6-4-12(5-7-13)16(17)18;/h4-7,10-11H,2-3,8-9,14H2,1H3;1H. The highest BCUT2D eigenvalue weighted by Gasteiger charge is 2.31. The van der Waals surface area contributed by atoms with Crippen LogP contribution in [0.15, 0.2) is 29.2 Å². The molecule has 1 fully saturated rings. The number of nitro groups is 1. The molecule has 2 N–H and O–H groups in total. The van der Waals surface area contributed by atoms with Gasteiger partial charge in [-0.05, 0) is 37.8 Å². The van der Waals surface area contributed by atoms with Crippen molar-refractivity contribution in [3.8, 4) is 0 Å². The van der Waals surface area contributed by atoms with Gasteiger partial charge in [0.25, 0.3) is 5.69 Å². The summed E-state index contributed by atoms with van der Waals surface area (Å²) in [7, 11) is -3.62. The maximum absolute atomic E-state index is 12.6. The van der Waals surface area contributed by atoms with Crippen molar-refractivity contribution >= 4 is 28.1 Å². The molecule has 0 saturated carbocycles. The Balaban J connectivity index is 0.00000242. The number of sulfonamides is 1. The van der Waals surface area contributed by atoms with Gasteiger partial charge in [-0.15, -0.1) is 12.4 Å². The first-order valence-corrected chi connectivity index (χ1v) is 8.26. The predicted octanol–water partition coefficient (Wildman–Crippen LogP) is 1.76. The average molecular weight is 350 g/mol. The van der Waals surface area contributed by atoms with Crippen molar-refractivity contribution in [3.05, 3.63) is 34.4 Å². The van der Waals surface area contributed by atoms with Crippen molar-refractivity contribution in [1.29, 1.82) is 0 Å². The molecule has 22 heavy (non-hydrogen) atoms. The first-order chi connectivity index (χ1) is 9.82. The number of benzene rings is 1. The molecule has 2 rings (SSSR count). The summed E-state index contributed by atoms with van der Waals surface area (Å²) in [6.45, 7) is 2.74. The molecular formula is C13H20ClN3O4S. The van der Waals surface area contributed by atoms with Crippen LogP contribution in [-0.4, -0.2) is 36.8 Å². The first-order valence-electron chi connectivity index (χ1n) is 6.82. The Bertz CT molecular complexity index is 619. The lowest BCUT2D eigenvalue weighted by atomic mass is 9.93. The van der Waals surface area contributed by atoms with Crippen LogP contribution in [0, 0.1) is 16.0 Å².